The molecule has 0 N–H and O–H groups in total. The molecule has 3 aliphatic rings. The zero-order valence-corrected chi connectivity index (χ0v) is 10.9. The van der Waals surface area contributed by atoms with Gasteiger partial charge in [0.2, 0.25) is 0 Å². The maximum atomic E-state index is 11.4. The van der Waals surface area contributed by atoms with Gasteiger partial charge < -0.3 is 0 Å². The molecule has 3 unspecified atom stereocenters. The lowest BCUT2D eigenvalue weighted by atomic mass is 9.95. The van der Waals surface area contributed by atoms with Crippen LogP contribution in [0.5, 0.6) is 0 Å². The molecule has 2 aliphatic heterocycles. The number of rotatable bonds is 1. The molecule has 2 saturated heterocycles. The van der Waals surface area contributed by atoms with Crippen LogP contribution < -0.4 is 0 Å². The molecule has 0 aromatic rings. The van der Waals surface area contributed by atoms with Gasteiger partial charge >= 0.3 is 0 Å². The van der Waals surface area contributed by atoms with E-state index >= 15 is 0 Å². The Hall–Kier alpha value is -0.410. The molecule has 1 aliphatic carbocycles. The molecule has 3 rings (SSSR count). The SMILES string of the molecule is CC1CN2CCCCC2CN1C1CCC(=O)C1. The first-order valence-corrected chi connectivity index (χ1v) is 7.25. The number of ketones is 1. The minimum absolute atomic E-state index is 0.480. The number of carbonyl (C=O) groups excluding carboxylic acids is 1. The predicted octanol–water partition coefficient (Wildman–Crippen LogP) is 1.67. The summed E-state index contributed by atoms with van der Waals surface area (Å²) in [5.41, 5.74) is 0. The summed E-state index contributed by atoms with van der Waals surface area (Å²) in [5, 5.41) is 0. The Balaban J connectivity index is 1.67. The van der Waals surface area contributed by atoms with Crippen LogP contribution in [0, 0.1) is 0 Å². The van der Waals surface area contributed by atoms with Crippen molar-refractivity contribution in [3.8, 4) is 0 Å². The van der Waals surface area contributed by atoms with Gasteiger partial charge in [-0.3, -0.25) is 14.6 Å². The monoisotopic (exact) mass is 236 g/mol. The summed E-state index contributed by atoms with van der Waals surface area (Å²) in [4.78, 5) is 16.8. The first-order valence-electron chi connectivity index (χ1n) is 7.25. The standard InChI is InChI=1S/C14H24N2O/c1-11-9-15-7-3-2-4-13(15)10-16(11)12-5-6-14(17)8-12/h11-13H,2-10H2,1H3. The second kappa shape index (κ2) is 4.69. The molecule has 3 nitrogen and oxygen atoms in total. The summed E-state index contributed by atoms with van der Waals surface area (Å²) < 4.78 is 0. The van der Waals surface area contributed by atoms with Crippen molar-refractivity contribution < 1.29 is 4.79 Å². The summed E-state index contributed by atoms with van der Waals surface area (Å²) in [7, 11) is 0. The van der Waals surface area contributed by atoms with E-state index in [2.05, 4.69) is 16.7 Å². The zero-order chi connectivity index (χ0) is 11.8. The van der Waals surface area contributed by atoms with Crippen LogP contribution in [-0.4, -0.2) is 53.3 Å². The average molecular weight is 236 g/mol. The maximum Gasteiger partial charge on any atom is 0.134 e. The molecule has 0 bridgehead atoms. The molecule has 0 radical (unpaired) electrons. The molecule has 0 aromatic heterocycles. The normalized spacial score (nSPS) is 40.5. The van der Waals surface area contributed by atoms with E-state index in [0.29, 0.717) is 17.9 Å². The minimum Gasteiger partial charge on any atom is -0.300 e. The second-order valence-corrected chi connectivity index (χ2v) is 6.13. The lowest BCUT2D eigenvalue weighted by Crippen LogP contribution is -2.60. The number of Topliss-reactive ketones (excluding diaryl/α,β-unsaturated/α-hetero) is 1. The molecule has 17 heavy (non-hydrogen) atoms. The fourth-order valence-electron chi connectivity index (χ4n) is 3.96. The third-order valence-electron chi connectivity index (χ3n) is 4.92. The van der Waals surface area contributed by atoms with E-state index in [1.807, 2.05) is 0 Å². The molecule has 2 heterocycles. The molecular formula is C14H24N2O. The summed E-state index contributed by atoms with van der Waals surface area (Å²) in [6.45, 7) is 6.06. The highest BCUT2D eigenvalue weighted by Gasteiger charge is 2.38. The van der Waals surface area contributed by atoms with Crippen molar-refractivity contribution in [1.82, 2.24) is 9.80 Å². The van der Waals surface area contributed by atoms with E-state index in [9.17, 15) is 4.79 Å². The third-order valence-corrected chi connectivity index (χ3v) is 4.92. The van der Waals surface area contributed by atoms with Gasteiger partial charge in [-0.25, -0.2) is 0 Å². The molecular weight excluding hydrogens is 212 g/mol. The Morgan fingerprint density at radius 1 is 1.12 bits per heavy atom. The fourth-order valence-corrected chi connectivity index (χ4v) is 3.96. The largest absolute Gasteiger partial charge is 0.300 e. The van der Waals surface area contributed by atoms with Crippen LogP contribution in [0.2, 0.25) is 0 Å². The number of piperidine rings is 1. The molecule has 3 heteroatoms. The summed E-state index contributed by atoms with van der Waals surface area (Å²) >= 11 is 0. The second-order valence-electron chi connectivity index (χ2n) is 6.13. The van der Waals surface area contributed by atoms with E-state index in [-0.39, 0.29) is 0 Å². The van der Waals surface area contributed by atoms with Gasteiger partial charge in [-0.1, -0.05) is 6.42 Å². The Morgan fingerprint density at radius 2 is 2.00 bits per heavy atom. The summed E-state index contributed by atoms with van der Waals surface area (Å²) in [6, 6.07) is 1.97. The Kier molecular flexibility index (Phi) is 3.22. The fraction of sp³-hybridized carbons (Fsp3) is 0.929. The van der Waals surface area contributed by atoms with Gasteiger partial charge in [-0.05, 0) is 32.7 Å². The lowest BCUT2D eigenvalue weighted by molar-refractivity contribution is -0.117. The van der Waals surface area contributed by atoms with Crippen LogP contribution in [0.3, 0.4) is 0 Å². The van der Waals surface area contributed by atoms with Crippen molar-refractivity contribution in [2.24, 2.45) is 0 Å². The Bertz CT molecular complexity index is 305. The zero-order valence-electron chi connectivity index (χ0n) is 10.9. The van der Waals surface area contributed by atoms with E-state index in [4.69, 9.17) is 0 Å². The molecule has 0 spiro atoms. The summed E-state index contributed by atoms with van der Waals surface area (Å²) in [5.74, 6) is 0.480. The minimum atomic E-state index is 0.480. The van der Waals surface area contributed by atoms with E-state index in [1.54, 1.807) is 0 Å². The lowest BCUT2D eigenvalue weighted by Gasteiger charge is -2.49. The van der Waals surface area contributed by atoms with Gasteiger partial charge in [0.25, 0.3) is 0 Å². The first kappa shape index (κ1) is 11.7. The number of hydrogen-bond acceptors (Lipinski definition) is 3. The molecule has 0 aromatic carbocycles. The highest BCUT2D eigenvalue weighted by atomic mass is 16.1. The predicted molar refractivity (Wildman–Crippen MR) is 68.0 cm³/mol. The molecule has 3 fully saturated rings. The van der Waals surface area contributed by atoms with Crippen molar-refractivity contribution in [2.75, 3.05) is 19.6 Å². The Morgan fingerprint density at radius 3 is 2.76 bits per heavy atom. The van der Waals surface area contributed by atoms with Crippen LogP contribution in [0.1, 0.15) is 45.4 Å². The van der Waals surface area contributed by atoms with E-state index in [1.165, 1.54) is 38.9 Å². The van der Waals surface area contributed by atoms with Crippen LogP contribution >= 0.6 is 0 Å². The van der Waals surface area contributed by atoms with Crippen LogP contribution in [0.4, 0.5) is 0 Å². The van der Waals surface area contributed by atoms with Gasteiger partial charge in [-0.2, -0.15) is 0 Å². The number of carbonyl (C=O) groups is 1. The third kappa shape index (κ3) is 2.27. The molecule has 3 atom stereocenters. The summed E-state index contributed by atoms with van der Waals surface area (Å²) in [6.07, 6.45) is 6.89. The van der Waals surface area contributed by atoms with Crippen molar-refractivity contribution in [3.05, 3.63) is 0 Å². The Labute approximate surface area is 104 Å². The quantitative estimate of drug-likeness (QED) is 0.692. The van der Waals surface area contributed by atoms with Crippen molar-refractivity contribution in [2.45, 2.75) is 63.6 Å². The maximum absolute atomic E-state index is 11.4. The highest BCUT2D eigenvalue weighted by Crippen LogP contribution is 2.29. The number of fused-ring (bicyclic) bond motifs is 1. The van der Waals surface area contributed by atoms with E-state index < -0.39 is 0 Å². The van der Waals surface area contributed by atoms with Gasteiger partial charge in [-0.15, -0.1) is 0 Å². The molecule has 96 valence electrons. The van der Waals surface area contributed by atoms with Gasteiger partial charge in [0.1, 0.15) is 5.78 Å². The van der Waals surface area contributed by atoms with Crippen LogP contribution in [0.25, 0.3) is 0 Å². The van der Waals surface area contributed by atoms with Crippen molar-refractivity contribution in [1.29, 1.82) is 0 Å². The topological polar surface area (TPSA) is 23.6 Å². The van der Waals surface area contributed by atoms with Crippen LogP contribution in [0.15, 0.2) is 0 Å². The van der Waals surface area contributed by atoms with Gasteiger partial charge in [0.15, 0.2) is 0 Å². The molecule has 1 saturated carbocycles. The highest BCUT2D eigenvalue weighted by molar-refractivity contribution is 5.81. The average Bonchev–Trinajstić information content (AvgIpc) is 2.75. The molecule has 0 amide bonds. The van der Waals surface area contributed by atoms with E-state index in [0.717, 1.165) is 25.3 Å². The van der Waals surface area contributed by atoms with Crippen LogP contribution in [-0.2, 0) is 4.79 Å². The number of hydrogen-bond donors (Lipinski definition) is 0. The van der Waals surface area contributed by atoms with Gasteiger partial charge in [0.05, 0.1) is 0 Å². The number of nitrogens with zero attached hydrogens (tertiary/aromatic N) is 2. The van der Waals surface area contributed by atoms with Crippen molar-refractivity contribution >= 4 is 5.78 Å². The number of piperazine rings is 1. The van der Waals surface area contributed by atoms with Gasteiger partial charge in [0, 0.05) is 44.1 Å². The first-order chi connectivity index (χ1) is 8.24. The smallest absolute Gasteiger partial charge is 0.134 e. The van der Waals surface area contributed by atoms with Crippen molar-refractivity contribution in [3.63, 3.8) is 0 Å².